The van der Waals surface area contributed by atoms with Crippen molar-refractivity contribution in [2.24, 2.45) is 0 Å². The summed E-state index contributed by atoms with van der Waals surface area (Å²) in [6.07, 6.45) is 0.826. The van der Waals surface area contributed by atoms with E-state index in [1.54, 1.807) is 0 Å². The van der Waals surface area contributed by atoms with E-state index in [2.05, 4.69) is 42.3 Å². The molecule has 0 fully saturated rings. The first kappa shape index (κ1) is 15.3. The maximum atomic E-state index is 12.2. The molecule has 0 bridgehead atoms. The molecule has 0 radical (unpaired) electrons. The van der Waals surface area contributed by atoms with E-state index in [0.29, 0.717) is 12.1 Å². The van der Waals surface area contributed by atoms with Gasteiger partial charge in [-0.1, -0.05) is 29.3 Å². The number of aromatic nitrogens is 1. The van der Waals surface area contributed by atoms with Gasteiger partial charge in [0, 0.05) is 28.7 Å². The summed E-state index contributed by atoms with van der Waals surface area (Å²) in [7, 11) is 0. The van der Waals surface area contributed by atoms with Crippen LogP contribution in [0, 0.1) is 20.8 Å². The molecule has 3 nitrogen and oxygen atoms in total. The number of aromatic amines is 1. The van der Waals surface area contributed by atoms with E-state index < -0.39 is 0 Å². The molecule has 2 N–H and O–H groups in total. The average Bonchev–Trinajstić information content (AvgIpc) is 2.83. The molecule has 3 heteroatoms. The van der Waals surface area contributed by atoms with Crippen molar-refractivity contribution in [2.75, 3.05) is 6.54 Å². The summed E-state index contributed by atoms with van der Waals surface area (Å²) in [4.78, 5) is 15.6. The summed E-state index contributed by atoms with van der Waals surface area (Å²) in [5, 5.41) is 4.27. The molecule has 2 aromatic carbocycles. The molecule has 3 aromatic rings. The predicted molar refractivity (Wildman–Crippen MR) is 95.0 cm³/mol. The maximum Gasteiger partial charge on any atom is 0.251 e. The quantitative estimate of drug-likeness (QED) is 0.750. The molecule has 0 saturated heterocycles. The molecule has 0 saturated carbocycles. The molecule has 0 unspecified atom stereocenters. The molecule has 23 heavy (non-hydrogen) atoms. The molecule has 0 atom stereocenters. The number of amides is 1. The van der Waals surface area contributed by atoms with E-state index in [1.807, 2.05) is 31.2 Å². The standard InChI is InChI=1S/C20H22N2O/c1-13-4-7-16(8-5-13)20(23)21-11-10-17-15(3)22-19-9-6-14(2)12-18(17)19/h4-9,12,22H,10-11H2,1-3H3,(H,21,23). The second-order valence-electron chi connectivity index (χ2n) is 6.15. The van der Waals surface area contributed by atoms with Crippen molar-refractivity contribution in [3.63, 3.8) is 0 Å². The number of carbonyl (C=O) groups excluding carboxylic acids is 1. The fourth-order valence-corrected chi connectivity index (χ4v) is 2.93. The third kappa shape index (κ3) is 3.29. The number of benzene rings is 2. The summed E-state index contributed by atoms with van der Waals surface area (Å²) < 4.78 is 0. The van der Waals surface area contributed by atoms with Crippen LogP contribution in [0.1, 0.15) is 32.7 Å². The average molecular weight is 306 g/mol. The van der Waals surface area contributed by atoms with Crippen molar-refractivity contribution in [3.8, 4) is 0 Å². The Morgan fingerprint density at radius 3 is 2.43 bits per heavy atom. The SMILES string of the molecule is Cc1ccc(C(=O)NCCc2c(C)[nH]c3ccc(C)cc23)cc1. The van der Waals surface area contributed by atoms with Crippen LogP contribution in [0.15, 0.2) is 42.5 Å². The number of H-pyrrole nitrogens is 1. The zero-order valence-electron chi connectivity index (χ0n) is 13.9. The van der Waals surface area contributed by atoms with Gasteiger partial charge in [-0.3, -0.25) is 4.79 Å². The normalized spacial score (nSPS) is 10.9. The van der Waals surface area contributed by atoms with E-state index in [0.717, 1.165) is 17.5 Å². The Kier molecular flexibility index (Phi) is 4.20. The fourth-order valence-electron chi connectivity index (χ4n) is 2.93. The molecule has 1 aromatic heterocycles. The summed E-state index contributed by atoms with van der Waals surface area (Å²) in [5.74, 6) is -0.0151. The summed E-state index contributed by atoms with van der Waals surface area (Å²) in [6.45, 7) is 6.84. The van der Waals surface area contributed by atoms with Crippen molar-refractivity contribution < 1.29 is 4.79 Å². The Morgan fingerprint density at radius 1 is 1.00 bits per heavy atom. The Balaban J connectivity index is 1.69. The van der Waals surface area contributed by atoms with Crippen LogP contribution in [0.3, 0.4) is 0 Å². The van der Waals surface area contributed by atoms with Gasteiger partial charge in [-0.05, 0) is 57.0 Å². The van der Waals surface area contributed by atoms with Gasteiger partial charge >= 0.3 is 0 Å². The molecular weight excluding hydrogens is 284 g/mol. The van der Waals surface area contributed by atoms with Crippen LogP contribution >= 0.6 is 0 Å². The minimum Gasteiger partial charge on any atom is -0.358 e. The van der Waals surface area contributed by atoms with Crippen molar-refractivity contribution in [2.45, 2.75) is 27.2 Å². The third-order valence-electron chi connectivity index (χ3n) is 4.25. The lowest BCUT2D eigenvalue weighted by Gasteiger charge is -2.06. The molecule has 1 heterocycles. The van der Waals surface area contributed by atoms with Crippen LogP contribution in [-0.4, -0.2) is 17.4 Å². The van der Waals surface area contributed by atoms with Crippen molar-refractivity contribution in [3.05, 3.63) is 70.4 Å². The summed E-state index contributed by atoms with van der Waals surface area (Å²) >= 11 is 0. The first-order valence-corrected chi connectivity index (χ1v) is 7.97. The number of hydrogen-bond donors (Lipinski definition) is 2. The van der Waals surface area contributed by atoms with Gasteiger partial charge in [0.2, 0.25) is 0 Å². The number of nitrogens with one attached hydrogen (secondary N) is 2. The van der Waals surface area contributed by atoms with Gasteiger partial charge in [0.15, 0.2) is 0 Å². The largest absolute Gasteiger partial charge is 0.358 e. The van der Waals surface area contributed by atoms with Crippen molar-refractivity contribution in [1.82, 2.24) is 10.3 Å². The number of carbonyl (C=O) groups is 1. The molecule has 3 rings (SSSR count). The highest BCUT2D eigenvalue weighted by molar-refractivity contribution is 5.94. The first-order valence-electron chi connectivity index (χ1n) is 7.97. The van der Waals surface area contributed by atoms with Gasteiger partial charge in [0.1, 0.15) is 0 Å². The van der Waals surface area contributed by atoms with Crippen LogP contribution < -0.4 is 5.32 Å². The van der Waals surface area contributed by atoms with Crippen LogP contribution in [-0.2, 0) is 6.42 Å². The number of fused-ring (bicyclic) bond motifs is 1. The molecule has 0 aliphatic heterocycles. The highest BCUT2D eigenvalue weighted by atomic mass is 16.1. The topological polar surface area (TPSA) is 44.9 Å². The van der Waals surface area contributed by atoms with Gasteiger partial charge in [-0.15, -0.1) is 0 Å². The second kappa shape index (κ2) is 6.29. The van der Waals surface area contributed by atoms with E-state index in [-0.39, 0.29) is 5.91 Å². The van der Waals surface area contributed by atoms with Crippen LogP contribution in [0.25, 0.3) is 10.9 Å². The van der Waals surface area contributed by atoms with Crippen molar-refractivity contribution in [1.29, 1.82) is 0 Å². The monoisotopic (exact) mass is 306 g/mol. The minimum absolute atomic E-state index is 0.0151. The van der Waals surface area contributed by atoms with Gasteiger partial charge in [0.05, 0.1) is 0 Å². The van der Waals surface area contributed by atoms with E-state index in [9.17, 15) is 4.79 Å². The second-order valence-corrected chi connectivity index (χ2v) is 6.15. The zero-order chi connectivity index (χ0) is 16.4. The molecule has 1 amide bonds. The highest BCUT2D eigenvalue weighted by Crippen LogP contribution is 2.23. The maximum absolute atomic E-state index is 12.2. The molecule has 0 spiro atoms. The Hall–Kier alpha value is -2.55. The highest BCUT2D eigenvalue weighted by Gasteiger charge is 2.10. The van der Waals surface area contributed by atoms with Crippen LogP contribution in [0.2, 0.25) is 0 Å². The van der Waals surface area contributed by atoms with E-state index in [4.69, 9.17) is 0 Å². The fraction of sp³-hybridized carbons (Fsp3) is 0.250. The Labute approximate surface area is 136 Å². The van der Waals surface area contributed by atoms with Gasteiger partial charge in [-0.2, -0.15) is 0 Å². The summed E-state index contributed by atoms with van der Waals surface area (Å²) in [5.41, 5.74) is 6.74. The Bertz CT molecular complexity index is 844. The number of aryl methyl sites for hydroxylation is 3. The smallest absolute Gasteiger partial charge is 0.251 e. The van der Waals surface area contributed by atoms with Crippen molar-refractivity contribution >= 4 is 16.8 Å². The first-order chi connectivity index (χ1) is 11.0. The van der Waals surface area contributed by atoms with Gasteiger partial charge in [-0.25, -0.2) is 0 Å². The third-order valence-corrected chi connectivity index (χ3v) is 4.25. The molecular formula is C20H22N2O. The van der Waals surface area contributed by atoms with Crippen LogP contribution in [0.5, 0.6) is 0 Å². The van der Waals surface area contributed by atoms with Crippen LogP contribution in [0.4, 0.5) is 0 Å². The molecule has 0 aliphatic carbocycles. The lowest BCUT2D eigenvalue weighted by Crippen LogP contribution is -2.25. The minimum atomic E-state index is -0.0151. The lowest BCUT2D eigenvalue weighted by molar-refractivity contribution is 0.0954. The lowest BCUT2D eigenvalue weighted by atomic mass is 10.1. The van der Waals surface area contributed by atoms with E-state index >= 15 is 0 Å². The molecule has 118 valence electrons. The van der Waals surface area contributed by atoms with Gasteiger partial charge in [0.25, 0.3) is 5.91 Å². The number of hydrogen-bond acceptors (Lipinski definition) is 1. The van der Waals surface area contributed by atoms with Gasteiger partial charge < -0.3 is 10.3 Å². The zero-order valence-corrected chi connectivity index (χ0v) is 13.9. The molecule has 0 aliphatic rings. The summed E-state index contributed by atoms with van der Waals surface area (Å²) in [6, 6.07) is 14.1. The Morgan fingerprint density at radius 2 is 1.70 bits per heavy atom. The predicted octanol–water partition coefficient (Wildman–Crippen LogP) is 4.07. The number of rotatable bonds is 4. The van der Waals surface area contributed by atoms with E-state index in [1.165, 1.54) is 22.2 Å².